The van der Waals surface area contributed by atoms with Crippen molar-refractivity contribution >= 4 is 6.03 Å². The van der Waals surface area contributed by atoms with Crippen LogP contribution >= 0.6 is 0 Å². The van der Waals surface area contributed by atoms with Crippen LogP contribution in [0.1, 0.15) is 41.0 Å². The predicted octanol–water partition coefficient (Wildman–Crippen LogP) is 2.16. The molecule has 0 aromatic carbocycles. The quantitative estimate of drug-likeness (QED) is 0.814. The maximum Gasteiger partial charge on any atom is 0.314 e. The number of ether oxygens (including phenoxy) is 2. The van der Waals surface area contributed by atoms with E-state index in [1.165, 1.54) is 0 Å². The number of carbonyl (C=O) groups is 1. The molecule has 5 nitrogen and oxygen atoms in total. The third-order valence-electron chi connectivity index (χ3n) is 3.82. The minimum Gasteiger partial charge on any atom is -0.377 e. The second-order valence-electron chi connectivity index (χ2n) is 7.23. The zero-order chi connectivity index (χ0) is 15.4. The summed E-state index contributed by atoms with van der Waals surface area (Å²) in [5, 5.41) is 5.77. The van der Waals surface area contributed by atoms with Crippen LogP contribution in [0.2, 0.25) is 0 Å². The van der Waals surface area contributed by atoms with Crippen LogP contribution < -0.4 is 10.6 Å². The summed E-state index contributed by atoms with van der Waals surface area (Å²) in [5.41, 5.74) is -0.237. The average molecular weight is 286 g/mol. The topological polar surface area (TPSA) is 59.6 Å². The van der Waals surface area contributed by atoms with Crippen LogP contribution in [0.5, 0.6) is 0 Å². The molecule has 0 bridgehead atoms. The minimum atomic E-state index is -0.345. The van der Waals surface area contributed by atoms with Crippen molar-refractivity contribution in [3.05, 3.63) is 0 Å². The van der Waals surface area contributed by atoms with Crippen LogP contribution in [0.3, 0.4) is 0 Å². The number of rotatable bonds is 5. The number of amides is 2. The standard InChI is InChI=1S/C15H30N2O3/c1-14(2,3)12-11(7-8-20-12)9-16-13(18)17-10-15(4,5)19-6/h11-12H,7-10H2,1-6H3,(H2,16,17,18)/t11-,12+/m1/s1. The first-order valence-corrected chi connectivity index (χ1v) is 7.34. The molecule has 0 radical (unpaired) electrons. The second-order valence-corrected chi connectivity index (χ2v) is 7.23. The molecule has 5 heteroatoms. The molecule has 1 fully saturated rings. The SMILES string of the molecule is COC(C)(C)CNC(=O)NC[C@H]1CCO[C@@H]1C(C)(C)C. The van der Waals surface area contributed by atoms with Gasteiger partial charge in [0.2, 0.25) is 0 Å². The Kier molecular flexibility index (Phi) is 5.83. The fraction of sp³-hybridized carbons (Fsp3) is 0.933. The van der Waals surface area contributed by atoms with Crippen LogP contribution in [0.4, 0.5) is 4.79 Å². The number of methoxy groups -OCH3 is 1. The monoisotopic (exact) mass is 286 g/mol. The summed E-state index contributed by atoms with van der Waals surface area (Å²) in [6, 6.07) is -0.144. The van der Waals surface area contributed by atoms with Gasteiger partial charge in [-0.25, -0.2) is 4.79 Å². The molecular weight excluding hydrogens is 256 g/mol. The van der Waals surface area contributed by atoms with Gasteiger partial charge in [-0.1, -0.05) is 20.8 Å². The average Bonchev–Trinajstić information content (AvgIpc) is 2.82. The van der Waals surface area contributed by atoms with Crippen molar-refractivity contribution in [1.29, 1.82) is 0 Å². The van der Waals surface area contributed by atoms with E-state index in [0.29, 0.717) is 19.0 Å². The van der Waals surface area contributed by atoms with E-state index in [1.807, 2.05) is 13.8 Å². The molecule has 2 atom stereocenters. The molecule has 0 aromatic heterocycles. The predicted molar refractivity (Wildman–Crippen MR) is 79.8 cm³/mol. The summed E-state index contributed by atoms with van der Waals surface area (Å²) >= 11 is 0. The number of hydrogen-bond donors (Lipinski definition) is 2. The normalized spacial score (nSPS) is 23.7. The molecule has 0 aromatic rings. The van der Waals surface area contributed by atoms with Gasteiger partial charge in [0.1, 0.15) is 0 Å². The van der Waals surface area contributed by atoms with Crippen molar-refractivity contribution < 1.29 is 14.3 Å². The first-order chi connectivity index (χ1) is 9.15. The minimum absolute atomic E-state index is 0.108. The van der Waals surface area contributed by atoms with Gasteiger partial charge >= 0.3 is 6.03 Å². The van der Waals surface area contributed by atoms with Crippen LogP contribution in [0.25, 0.3) is 0 Å². The van der Waals surface area contributed by atoms with Gasteiger partial charge in [-0.2, -0.15) is 0 Å². The van der Waals surface area contributed by atoms with Gasteiger partial charge in [0.25, 0.3) is 0 Å². The molecule has 1 heterocycles. The van der Waals surface area contributed by atoms with Gasteiger partial charge < -0.3 is 20.1 Å². The lowest BCUT2D eigenvalue weighted by molar-refractivity contribution is 0.00755. The fourth-order valence-electron chi connectivity index (χ4n) is 2.45. The van der Waals surface area contributed by atoms with Crippen molar-refractivity contribution in [3.8, 4) is 0 Å². The van der Waals surface area contributed by atoms with E-state index in [2.05, 4.69) is 31.4 Å². The third-order valence-corrected chi connectivity index (χ3v) is 3.82. The molecule has 1 saturated heterocycles. The molecular formula is C15H30N2O3. The van der Waals surface area contributed by atoms with Crippen LogP contribution in [-0.2, 0) is 9.47 Å². The van der Waals surface area contributed by atoms with E-state index >= 15 is 0 Å². The van der Waals surface area contributed by atoms with Crippen LogP contribution in [-0.4, -0.2) is 44.5 Å². The molecule has 0 aliphatic carbocycles. The maximum atomic E-state index is 11.8. The zero-order valence-electron chi connectivity index (χ0n) is 13.7. The molecule has 118 valence electrons. The smallest absolute Gasteiger partial charge is 0.314 e. The van der Waals surface area contributed by atoms with Gasteiger partial charge in [-0.3, -0.25) is 0 Å². The highest BCUT2D eigenvalue weighted by molar-refractivity contribution is 5.73. The third kappa shape index (κ3) is 5.29. The molecule has 2 amide bonds. The highest BCUT2D eigenvalue weighted by atomic mass is 16.5. The summed E-state index contributed by atoms with van der Waals surface area (Å²) < 4.78 is 11.1. The number of hydrogen-bond acceptors (Lipinski definition) is 3. The van der Waals surface area contributed by atoms with Gasteiger partial charge in [-0.05, 0) is 25.7 Å². The van der Waals surface area contributed by atoms with E-state index < -0.39 is 0 Å². The van der Waals surface area contributed by atoms with E-state index in [1.54, 1.807) is 7.11 Å². The van der Waals surface area contributed by atoms with Gasteiger partial charge in [0.15, 0.2) is 0 Å². The molecule has 0 saturated carbocycles. The van der Waals surface area contributed by atoms with Crippen molar-refractivity contribution in [2.75, 3.05) is 26.8 Å². The van der Waals surface area contributed by atoms with Crippen molar-refractivity contribution in [1.82, 2.24) is 10.6 Å². The molecule has 1 aliphatic heterocycles. The Bertz CT molecular complexity index is 324. The van der Waals surface area contributed by atoms with E-state index in [0.717, 1.165) is 13.0 Å². The maximum absolute atomic E-state index is 11.8. The highest BCUT2D eigenvalue weighted by Gasteiger charge is 2.37. The van der Waals surface area contributed by atoms with E-state index in [4.69, 9.17) is 9.47 Å². The lowest BCUT2D eigenvalue weighted by atomic mass is 9.81. The van der Waals surface area contributed by atoms with Crippen LogP contribution in [0, 0.1) is 11.3 Å². The Hall–Kier alpha value is -0.810. The van der Waals surface area contributed by atoms with Crippen molar-refractivity contribution in [2.24, 2.45) is 11.3 Å². The molecule has 0 unspecified atom stereocenters. The molecule has 1 rings (SSSR count). The molecule has 20 heavy (non-hydrogen) atoms. The summed E-state index contributed by atoms with van der Waals surface area (Å²) in [7, 11) is 1.64. The molecule has 1 aliphatic rings. The summed E-state index contributed by atoms with van der Waals surface area (Å²) in [5.74, 6) is 0.385. The van der Waals surface area contributed by atoms with Gasteiger partial charge in [0.05, 0.1) is 11.7 Å². The first-order valence-electron chi connectivity index (χ1n) is 7.34. The number of carbonyl (C=O) groups excluding carboxylic acids is 1. The summed E-state index contributed by atoms with van der Waals surface area (Å²) in [6.07, 6.45) is 1.21. The molecule has 2 N–H and O–H groups in total. The van der Waals surface area contributed by atoms with E-state index in [9.17, 15) is 4.79 Å². The van der Waals surface area contributed by atoms with Crippen LogP contribution in [0.15, 0.2) is 0 Å². The Morgan fingerprint density at radius 2 is 1.90 bits per heavy atom. The first kappa shape index (κ1) is 17.2. The van der Waals surface area contributed by atoms with E-state index in [-0.39, 0.29) is 23.2 Å². The lowest BCUT2D eigenvalue weighted by Gasteiger charge is -2.31. The molecule has 0 spiro atoms. The summed E-state index contributed by atoms with van der Waals surface area (Å²) in [4.78, 5) is 11.8. The number of urea groups is 1. The Labute approximate surface area is 122 Å². The zero-order valence-corrected chi connectivity index (χ0v) is 13.7. The summed E-state index contributed by atoms with van der Waals surface area (Å²) in [6.45, 7) is 12.3. The fourth-order valence-corrected chi connectivity index (χ4v) is 2.45. The lowest BCUT2D eigenvalue weighted by Crippen LogP contribution is -2.46. The number of nitrogens with one attached hydrogen (secondary N) is 2. The Morgan fingerprint density at radius 3 is 2.45 bits per heavy atom. The highest BCUT2D eigenvalue weighted by Crippen LogP contribution is 2.34. The second kappa shape index (κ2) is 6.76. The Morgan fingerprint density at radius 1 is 1.25 bits per heavy atom. The van der Waals surface area contributed by atoms with Crippen molar-refractivity contribution in [2.45, 2.75) is 52.7 Å². The van der Waals surface area contributed by atoms with Gasteiger partial charge in [0, 0.05) is 32.7 Å². The van der Waals surface area contributed by atoms with Gasteiger partial charge in [-0.15, -0.1) is 0 Å². The Balaban J connectivity index is 2.34. The largest absolute Gasteiger partial charge is 0.377 e. The van der Waals surface area contributed by atoms with Crippen molar-refractivity contribution in [3.63, 3.8) is 0 Å².